The molecule has 36 heavy (non-hydrogen) atoms. The number of thiocarbonyl (C=S) groups is 1. The van der Waals surface area contributed by atoms with E-state index in [2.05, 4.69) is 4.72 Å². The van der Waals surface area contributed by atoms with Crippen molar-refractivity contribution in [2.24, 2.45) is 7.05 Å². The van der Waals surface area contributed by atoms with Crippen LogP contribution in [0, 0.1) is 5.82 Å². The highest BCUT2D eigenvalue weighted by molar-refractivity contribution is 7.95. The number of alkyl halides is 3. The highest BCUT2D eigenvalue weighted by Gasteiger charge is 2.35. The lowest BCUT2D eigenvalue weighted by atomic mass is 10.1. The van der Waals surface area contributed by atoms with Crippen molar-refractivity contribution in [3.05, 3.63) is 91.5 Å². The van der Waals surface area contributed by atoms with E-state index in [1.54, 1.807) is 30.3 Å². The number of anilines is 1. The SMILES string of the molecule is CC(C(=S)Cc1ccccc1)S(=O)(=O)Nc1cc(-n2c(=O)cc(C(F)(F)F)n(C)c2=O)c(F)cc1Cl. The predicted molar refractivity (Wildman–Crippen MR) is 132 cm³/mol. The van der Waals surface area contributed by atoms with Gasteiger partial charge < -0.3 is 0 Å². The summed E-state index contributed by atoms with van der Waals surface area (Å²) < 4.78 is 82.4. The molecule has 1 unspecified atom stereocenters. The molecule has 0 saturated carbocycles. The van der Waals surface area contributed by atoms with Gasteiger partial charge in [-0.15, -0.1) is 0 Å². The van der Waals surface area contributed by atoms with E-state index >= 15 is 0 Å². The molecule has 3 rings (SSSR count). The zero-order chi connectivity index (χ0) is 27.0. The van der Waals surface area contributed by atoms with Gasteiger partial charge in [0.15, 0.2) is 0 Å². The molecule has 14 heteroatoms. The molecule has 1 aromatic heterocycles. The predicted octanol–water partition coefficient (Wildman–Crippen LogP) is 4.09. The summed E-state index contributed by atoms with van der Waals surface area (Å²) >= 11 is 11.3. The molecule has 2 aromatic carbocycles. The summed E-state index contributed by atoms with van der Waals surface area (Å²) in [6.45, 7) is 1.34. The number of nitrogens with one attached hydrogen (secondary N) is 1. The van der Waals surface area contributed by atoms with E-state index in [1.807, 2.05) is 0 Å². The van der Waals surface area contributed by atoms with Crippen molar-refractivity contribution in [1.29, 1.82) is 0 Å². The Balaban J connectivity index is 2.02. The topological polar surface area (TPSA) is 90.2 Å². The zero-order valence-electron chi connectivity index (χ0n) is 18.6. The lowest BCUT2D eigenvalue weighted by molar-refractivity contribution is -0.144. The first kappa shape index (κ1) is 27.6. The van der Waals surface area contributed by atoms with Gasteiger partial charge in [0.1, 0.15) is 16.8 Å². The van der Waals surface area contributed by atoms with E-state index < -0.39 is 60.6 Å². The third-order valence-electron chi connectivity index (χ3n) is 5.28. The maximum atomic E-state index is 14.7. The standard InChI is InChI=1S/C22H18ClF4N3O4S2/c1-12(18(35)8-13-6-4-3-5-7-13)36(33,34)28-16-10-17(15(24)9-14(16)23)30-20(31)11-19(22(25,26)27)29(2)21(30)32/h3-7,9-12,28H,8H2,1-2H3. The van der Waals surface area contributed by atoms with Gasteiger partial charge in [0.05, 0.1) is 16.4 Å². The van der Waals surface area contributed by atoms with Crippen LogP contribution in [-0.2, 0) is 29.7 Å². The van der Waals surface area contributed by atoms with Gasteiger partial charge in [-0.1, -0.05) is 54.2 Å². The van der Waals surface area contributed by atoms with Crippen molar-refractivity contribution in [3.63, 3.8) is 0 Å². The average molecular weight is 564 g/mol. The summed E-state index contributed by atoms with van der Waals surface area (Å²) in [5, 5.41) is -1.63. The molecule has 1 heterocycles. The maximum Gasteiger partial charge on any atom is 0.431 e. The molecule has 0 aliphatic carbocycles. The Labute approximate surface area is 213 Å². The van der Waals surface area contributed by atoms with E-state index in [1.165, 1.54) is 6.92 Å². The molecule has 0 bridgehead atoms. The van der Waals surface area contributed by atoms with Crippen LogP contribution in [0.4, 0.5) is 23.2 Å². The molecular formula is C22H18ClF4N3O4S2. The Morgan fingerprint density at radius 2 is 1.75 bits per heavy atom. The number of halogens is 5. The quantitative estimate of drug-likeness (QED) is 0.345. The maximum absolute atomic E-state index is 14.7. The number of aromatic nitrogens is 2. The molecule has 3 aromatic rings. The van der Waals surface area contributed by atoms with E-state index in [9.17, 15) is 35.6 Å². The Hall–Kier alpha value is -3.03. The smallest absolute Gasteiger partial charge is 0.292 e. The molecule has 1 atom stereocenters. The van der Waals surface area contributed by atoms with Crippen LogP contribution in [0.1, 0.15) is 18.2 Å². The largest absolute Gasteiger partial charge is 0.431 e. The highest BCUT2D eigenvalue weighted by atomic mass is 35.5. The lowest BCUT2D eigenvalue weighted by Crippen LogP contribution is -2.41. The van der Waals surface area contributed by atoms with Crippen LogP contribution in [0.15, 0.2) is 58.1 Å². The Morgan fingerprint density at radius 3 is 2.33 bits per heavy atom. The molecule has 0 fully saturated rings. The first-order valence-corrected chi connectivity index (χ1v) is 12.4. The van der Waals surface area contributed by atoms with Crippen LogP contribution in [0.25, 0.3) is 5.69 Å². The van der Waals surface area contributed by atoms with Crippen molar-refractivity contribution in [1.82, 2.24) is 9.13 Å². The molecule has 7 nitrogen and oxygen atoms in total. The summed E-state index contributed by atoms with van der Waals surface area (Å²) in [6, 6.07) is 10.4. The first-order valence-electron chi connectivity index (χ1n) is 10.1. The number of benzene rings is 2. The van der Waals surface area contributed by atoms with Crippen LogP contribution in [-0.4, -0.2) is 27.7 Å². The molecule has 0 saturated heterocycles. The fourth-order valence-corrected chi connectivity index (χ4v) is 5.14. The van der Waals surface area contributed by atoms with Crippen molar-refractivity contribution in [3.8, 4) is 5.69 Å². The fraction of sp³-hybridized carbons (Fsp3) is 0.227. The van der Waals surface area contributed by atoms with E-state index in [4.69, 9.17) is 23.8 Å². The summed E-state index contributed by atoms with van der Waals surface area (Å²) in [4.78, 5) is 25.1. The van der Waals surface area contributed by atoms with Crippen LogP contribution >= 0.6 is 23.8 Å². The van der Waals surface area contributed by atoms with Crippen LogP contribution in [0.3, 0.4) is 0 Å². The van der Waals surface area contributed by atoms with Gasteiger partial charge >= 0.3 is 11.9 Å². The fourth-order valence-electron chi connectivity index (χ4n) is 3.26. The average Bonchev–Trinajstić information content (AvgIpc) is 2.78. The number of nitrogens with zero attached hydrogens (tertiary/aromatic N) is 2. The second-order valence-corrected chi connectivity index (χ2v) is 10.7. The minimum atomic E-state index is -5.01. The third kappa shape index (κ3) is 5.68. The molecule has 0 aliphatic rings. The highest BCUT2D eigenvalue weighted by Crippen LogP contribution is 2.30. The van der Waals surface area contributed by atoms with Gasteiger partial charge in [-0.2, -0.15) is 13.2 Å². The zero-order valence-corrected chi connectivity index (χ0v) is 21.0. The van der Waals surface area contributed by atoms with Gasteiger partial charge in [0, 0.05) is 24.4 Å². The summed E-state index contributed by atoms with van der Waals surface area (Å²) in [6.07, 6.45) is -4.84. The van der Waals surface area contributed by atoms with Gasteiger partial charge in [-0.3, -0.25) is 14.1 Å². The van der Waals surface area contributed by atoms with Gasteiger partial charge in [0.25, 0.3) is 5.56 Å². The molecule has 0 aliphatic heterocycles. The molecule has 0 radical (unpaired) electrons. The molecule has 192 valence electrons. The normalized spacial score (nSPS) is 12.9. The Morgan fingerprint density at radius 1 is 1.14 bits per heavy atom. The van der Waals surface area contributed by atoms with Gasteiger partial charge in [-0.25, -0.2) is 22.2 Å². The van der Waals surface area contributed by atoms with Crippen LogP contribution < -0.4 is 16.0 Å². The third-order valence-corrected chi connectivity index (χ3v) is 7.96. The molecule has 0 amide bonds. The second kappa shape index (κ2) is 10.1. The second-order valence-electron chi connectivity index (χ2n) is 7.74. The number of sulfonamides is 1. The molecule has 0 spiro atoms. The summed E-state index contributed by atoms with van der Waals surface area (Å²) in [5.74, 6) is -1.24. The van der Waals surface area contributed by atoms with E-state index in [0.29, 0.717) is 6.07 Å². The summed E-state index contributed by atoms with van der Waals surface area (Å²) in [7, 11) is -3.48. The Kier molecular flexibility index (Phi) is 7.77. The van der Waals surface area contributed by atoms with E-state index in [0.717, 1.165) is 18.7 Å². The lowest BCUT2D eigenvalue weighted by Gasteiger charge is -2.18. The van der Waals surface area contributed by atoms with E-state index in [-0.39, 0.29) is 26.5 Å². The Bertz CT molecular complexity index is 1550. The minimum Gasteiger partial charge on any atom is -0.292 e. The van der Waals surface area contributed by atoms with Gasteiger partial charge in [0.2, 0.25) is 10.0 Å². The van der Waals surface area contributed by atoms with Crippen molar-refractivity contribution in [2.75, 3.05) is 4.72 Å². The summed E-state index contributed by atoms with van der Waals surface area (Å²) in [5.41, 5.74) is -4.93. The van der Waals surface area contributed by atoms with Gasteiger partial charge in [-0.05, 0) is 24.6 Å². The molecular weight excluding hydrogens is 546 g/mol. The van der Waals surface area contributed by atoms with Crippen LogP contribution in [0.5, 0.6) is 0 Å². The first-order chi connectivity index (χ1) is 16.6. The number of rotatable bonds is 7. The monoisotopic (exact) mass is 563 g/mol. The van der Waals surface area contributed by atoms with Crippen molar-refractivity contribution >= 4 is 44.4 Å². The molecule has 1 N–H and O–H groups in total. The van der Waals surface area contributed by atoms with Crippen molar-refractivity contribution in [2.45, 2.75) is 24.8 Å². The van der Waals surface area contributed by atoms with Crippen LogP contribution in [0.2, 0.25) is 5.02 Å². The van der Waals surface area contributed by atoms with Crippen molar-refractivity contribution < 1.29 is 26.0 Å². The number of hydrogen-bond acceptors (Lipinski definition) is 5. The number of hydrogen-bond donors (Lipinski definition) is 1. The minimum absolute atomic E-state index is 0.128.